The minimum atomic E-state index is -0.881. The molecule has 0 amide bonds. The average Bonchev–Trinajstić information content (AvgIpc) is 2.25. The van der Waals surface area contributed by atoms with Crippen molar-refractivity contribution >= 4 is 5.97 Å². The van der Waals surface area contributed by atoms with E-state index < -0.39 is 5.97 Å². The van der Waals surface area contributed by atoms with E-state index in [4.69, 9.17) is 11.5 Å². The molecule has 0 heterocycles. The van der Waals surface area contributed by atoms with Crippen molar-refractivity contribution < 1.29 is 9.90 Å². The Kier molecular flexibility index (Phi) is 4.43. The van der Waals surface area contributed by atoms with Gasteiger partial charge in [0.25, 0.3) is 0 Å². The SMILES string of the molecule is C#CCCCCc1ccc(C(=O)O)cc1. The van der Waals surface area contributed by atoms with Crippen LogP contribution in [-0.4, -0.2) is 11.1 Å². The molecule has 78 valence electrons. The van der Waals surface area contributed by atoms with Crippen molar-refractivity contribution in [1.29, 1.82) is 0 Å². The number of benzene rings is 1. The van der Waals surface area contributed by atoms with Crippen molar-refractivity contribution in [2.45, 2.75) is 25.7 Å². The Balaban J connectivity index is 2.43. The van der Waals surface area contributed by atoms with Crippen LogP contribution < -0.4 is 0 Å². The molecular weight excluding hydrogens is 188 g/mol. The largest absolute Gasteiger partial charge is 0.478 e. The van der Waals surface area contributed by atoms with Crippen LogP contribution in [0.1, 0.15) is 35.2 Å². The Morgan fingerprint density at radius 2 is 1.93 bits per heavy atom. The fraction of sp³-hybridized carbons (Fsp3) is 0.308. The number of rotatable bonds is 5. The van der Waals surface area contributed by atoms with Gasteiger partial charge in [-0.3, -0.25) is 0 Å². The topological polar surface area (TPSA) is 37.3 Å². The van der Waals surface area contributed by atoms with Crippen molar-refractivity contribution in [1.82, 2.24) is 0 Å². The van der Waals surface area contributed by atoms with Crippen LogP contribution in [0.3, 0.4) is 0 Å². The van der Waals surface area contributed by atoms with Crippen LogP contribution in [0.5, 0.6) is 0 Å². The summed E-state index contributed by atoms with van der Waals surface area (Å²) in [5, 5.41) is 8.70. The van der Waals surface area contributed by atoms with E-state index in [2.05, 4.69) is 5.92 Å². The van der Waals surface area contributed by atoms with Crippen LogP contribution in [0.25, 0.3) is 0 Å². The number of carboxylic acid groups (broad SMARTS) is 1. The third kappa shape index (κ3) is 3.86. The lowest BCUT2D eigenvalue weighted by Gasteiger charge is -2.00. The van der Waals surface area contributed by atoms with Crippen LogP contribution in [0.4, 0.5) is 0 Å². The second-order valence-corrected chi connectivity index (χ2v) is 3.41. The molecule has 0 fully saturated rings. The van der Waals surface area contributed by atoms with Crippen molar-refractivity contribution in [3.8, 4) is 12.3 Å². The average molecular weight is 202 g/mol. The van der Waals surface area contributed by atoms with E-state index >= 15 is 0 Å². The molecule has 1 aromatic carbocycles. The van der Waals surface area contributed by atoms with Gasteiger partial charge in [-0.1, -0.05) is 12.1 Å². The molecule has 2 heteroatoms. The van der Waals surface area contributed by atoms with Gasteiger partial charge in [0.05, 0.1) is 5.56 Å². The first kappa shape index (κ1) is 11.3. The summed E-state index contributed by atoms with van der Waals surface area (Å²) in [5.41, 5.74) is 1.50. The molecule has 0 bridgehead atoms. The van der Waals surface area contributed by atoms with Gasteiger partial charge in [0.2, 0.25) is 0 Å². The molecule has 0 atom stereocenters. The lowest BCUT2D eigenvalue weighted by atomic mass is 10.1. The van der Waals surface area contributed by atoms with Gasteiger partial charge in [0, 0.05) is 6.42 Å². The van der Waals surface area contributed by atoms with Crippen LogP contribution in [0, 0.1) is 12.3 Å². The zero-order valence-electron chi connectivity index (χ0n) is 8.57. The van der Waals surface area contributed by atoms with Gasteiger partial charge in [0.15, 0.2) is 0 Å². The molecule has 0 aliphatic rings. The van der Waals surface area contributed by atoms with Gasteiger partial charge >= 0.3 is 5.97 Å². The first-order valence-electron chi connectivity index (χ1n) is 4.99. The normalized spacial score (nSPS) is 9.53. The highest BCUT2D eigenvalue weighted by atomic mass is 16.4. The first-order valence-corrected chi connectivity index (χ1v) is 4.99. The summed E-state index contributed by atoms with van der Waals surface area (Å²) >= 11 is 0. The van der Waals surface area contributed by atoms with Crippen molar-refractivity contribution in [3.05, 3.63) is 35.4 Å². The maximum atomic E-state index is 10.6. The summed E-state index contributed by atoms with van der Waals surface area (Å²) in [6, 6.07) is 7.00. The predicted octanol–water partition coefficient (Wildman–Crippen LogP) is 2.73. The van der Waals surface area contributed by atoms with E-state index in [9.17, 15) is 4.79 Å². The third-order valence-corrected chi connectivity index (χ3v) is 2.24. The molecule has 0 aromatic heterocycles. The molecule has 1 aromatic rings. The van der Waals surface area contributed by atoms with Gasteiger partial charge in [-0.25, -0.2) is 4.79 Å². The van der Waals surface area contributed by atoms with Gasteiger partial charge in [-0.15, -0.1) is 12.3 Å². The quantitative estimate of drug-likeness (QED) is 0.588. The summed E-state index contributed by atoms with van der Waals surface area (Å²) < 4.78 is 0. The summed E-state index contributed by atoms with van der Waals surface area (Å²) in [4.78, 5) is 10.6. The molecule has 1 rings (SSSR count). The second kappa shape index (κ2) is 5.87. The van der Waals surface area contributed by atoms with Gasteiger partial charge < -0.3 is 5.11 Å². The molecular formula is C13H14O2. The Hall–Kier alpha value is -1.75. The lowest BCUT2D eigenvalue weighted by Crippen LogP contribution is -1.96. The smallest absolute Gasteiger partial charge is 0.335 e. The van der Waals surface area contributed by atoms with E-state index in [1.165, 1.54) is 0 Å². The summed E-state index contributed by atoms with van der Waals surface area (Å²) in [6.07, 6.45) is 9.00. The number of terminal acetylenes is 1. The van der Waals surface area contributed by atoms with E-state index in [1.807, 2.05) is 12.1 Å². The number of hydrogen-bond donors (Lipinski definition) is 1. The summed E-state index contributed by atoms with van der Waals surface area (Å²) in [6.45, 7) is 0. The van der Waals surface area contributed by atoms with E-state index in [0.29, 0.717) is 5.56 Å². The zero-order chi connectivity index (χ0) is 11.1. The van der Waals surface area contributed by atoms with E-state index in [0.717, 1.165) is 31.2 Å². The summed E-state index contributed by atoms with van der Waals surface area (Å²) in [7, 11) is 0. The molecule has 0 spiro atoms. The van der Waals surface area contributed by atoms with Crippen molar-refractivity contribution in [3.63, 3.8) is 0 Å². The number of unbranched alkanes of at least 4 members (excludes halogenated alkanes) is 2. The van der Waals surface area contributed by atoms with Gasteiger partial charge in [0.1, 0.15) is 0 Å². The van der Waals surface area contributed by atoms with Crippen LogP contribution in [0.2, 0.25) is 0 Å². The predicted molar refractivity (Wildman–Crippen MR) is 59.8 cm³/mol. The molecule has 0 aliphatic heterocycles. The second-order valence-electron chi connectivity index (χ2n) is 3.41. The number of aryl methyl sites for hydroxylation is 1. The minimum Gasteiger partial charge on any atom is -0.478 e. The maximum Gasteiger partial charge on any atom is 0.335 e. The third-order valence-electron chi connectivity index (χ3n) is 2.24. The Morgan fingerprint density at radius 3 is 2.47 bits per heavy atom. The summed E-state index contributed by atoms with van der Waals surface area (Å²) in [5.74, 6) is 1.72. The number of carbonyl (C=O) groups is 1. The van der Waals surface area contributed by atoms with E-state index in [-0.39, 0.29) is 0 Å². The molecule has 15 heavy (non-hydrogen) atoms. The number of hydrogen-bond acceptors (Lipinski definition) is 1. The van der Waals surface area contributed by atoms with Gasteiger partial charge in [-0.2, -0.15) is 0 Å². The fourth-order valence-electron chi connectivity index (χ4n) is 1.37. The molecule has 1 N–H and O–H groups in total. The highest BCUT2D eigenvalue weighted by Crippen LogP contribution is 2.08. The molecule has 0 unspecified atom stereocenters. The highest BCUT2D eigenvalue weighted by Gasteiger charge is 2.01. The standard InChI is InChI=1S/C13H14O2/c1-2-3-4-5-6-11-7-9-12(10-8-11)13(14)15/h1,7-10H,3-6H2,(H,14,15). The fourth-order valence-corrected chi connectivity index (χ4v) is 1.37. The Bertz CT molecular complexity index is 357. The monoisotopic (exact) mass is 202 g/mol. The van der Waals surface area contributed by atoms with Crippen molar-refractivity contribution in [2.75, 3.05) is 0 Å². The molecule has 2 nitrogen and oxygen atoms in total. The van der Waals surface area contributed by atoms with Crippen LogP contribution >= 0.6 is 0 Å². The van der Waals surface area contributed by atoms with Crippen LogP contribution in [0.15, 0.2) is 24.3 Å². The minimum absolute atomic E-state index is 0.336. The lowest BCUT2D eigenvalue weighted by molar-refractivity contribution is 0.0697. The zero-order valence-corrected chi connectivity index (χ0v) is 8.57. The Morgan fingerprint density at radius 1 is 1.27 bits per heavy atom. The van der Waals surface area contributed by atoms with Crippen molar-refractivity contribution in [2.24, 2.45) is 0 Å². The molecule has 0 saturated carbocycles. The number of aromatic carboxylic acids is 1. The maximum absolute atomic E-state index is 10.6. The number of carboxylic acids is 1. The van der Waals surface area contributed by atoms with Crippen LogP contribution in [-0.2, 0) is 6.42 Å². The molecule has 0 aliphatic carbocycles. The molecule has 0 saturated heterocycles. The first-order chi connectivity index (χ1) is 7.24. The highest BCUT2D eigenvalue weighted by molar-refractivity contribution is 5.87. The van der Waals surface area contributed by atoms with Gasteiger partial charge in [-0.05, 0) is 37.0 Å². The molecule has 0 radical (unpaired) electrons. The van der Waals surface area contributed by atoms with E-state index in [1.54, 1.807) is 12.1 Å². The Labute approximate surface area is 89.9 Å².